The van der Waals surface area contributed by atoms with Crippen molar-refractivity contribution in [2.45, 2.75) is 39.2 Å². The lowest BCUT2D eigenvalue weighted by Crippen LogP contribution is -2.36. The number of rotatable bonds is 5. The molecule has 1 saturated carbocycles. The van der Waals surface area contributed by atoms with Crippen molar-refractivity contribution < 1.29 is 19.4 Å². The maximum absolute atomic E-state index is 11.8. The van der Waals surface area contributed by atoms with E-state index >= 15 is 0 Å². The third-order valence-corrected chi connectivity index (χ3v) is 3.71. The molecule has 1 fully saturated rings. The third-order valence-electron chi connectivity index (χ3n) is 3.71. The Labute approximate surface area is 124 Å². The average molecular weight is 291 g/mol. The fourth-order valence-electron chi connectivity index (χ4n) is 2.77. The topological polar surface area (TPSA) is 75.6 Å². The number of carboxylic acids is 1. The second-order valence-corrected chi connectivity index (χ2v) is 5.72. The zero-order chi connectivity index (χ0) is 15.4. The molecule has 0 radical (unpaired) electrons. The zero-order valence-electron chi connectivity index (χ0n) is 12.4. The molecule has 0 spiro atoms. The Kier molecular flexibility index (Phi) is 4.83. The summed E-state index contributed by atoms with van der Waals surface area (Å²) in [4.78, 5) is 22.7. The second kappa shape index (κ2) is 6.61. The molecular weight excluding hydrogens is 270 g/mol. The van der Waals surface area contributed by atoms with Gasteiger partial charge in [0.25, 0.3) is 5.91 Å². The minimum Gasteiger partial charge on any atom is -0.484 e. The van der Waals surface area contributed by atoms with Crippen molar-refractivity contribution in [3.05, 3.63) is 29.3 Å². The summed E-state index contributed by atoms with van der Waals surface area (Å²) in [6, 6.07) is 5.76. The van der Waals surface area contributed by atoms with Gasteiger partial charge in [0, 0.05) is 6.04 Å². The van der Waals surface area contributed by atoms with Gasteiger partial charge in [0.05, 0.1) is 5.92 Å². The molecule has 0 aliphatic heterocycles. The van der Waals surface area contributed by atoms with Crippen molar-refractivity contribution in [1.82, 2.24) is 5.32 Å². The van der Waals surface area contributed by atoms with Gasteiger partial charge in [0.15, 0.2) is 6.61 Å². The summed E-state index contributed by atoms with van der Waals surface area (Å²) in [7, 11) is 0. The van der Waals surface area contributed by atoms with Crippen molar-refractivity contribution in [1.29, 1.82) is 0 Å². The number of amides is 1. The first-order valence-corrected chi connectivity index (χ1v) is 7.17. The predicted molar refractivity (Wildman–Crippen MR) is 78.3 cm³/mol. The lowest BCUT2D eigenvalue weighted by Gasteiger charge is -2.13. The van der Waals surface area contributed by atoms with Gasteiger partial charge in [-0.25, -0.2) is 0 Å². The van der Waals surface area contributed by atoms with Gasteiger partial charge in [-0.05, 0) is 56.4 Å². The Hall–Kier alpha value is -2.04. The molecule has 1 aliphatic carbocycles. The smallest absolute Gasteiger partial charge is 0.306 e. The lowest BCUT2D eigenvalue weighted by molar-refractivity contribution is -0.141. The molecule has 0 saturated heterocycles. The molecule has 21 heavy (non-hydrogen) atoms. The SMILES string of the molecule is Cc1cc(C)cc(OCC(=O)N[C@H]2CC[C@@H](C(=O)O)C2)c1. The van der Waals surface area contributed by atoms with E-state index in [1.54, 1.807) is 0 Å². The fraction of sp³-hybridized carbons (Fsp3) is 0.500. The molecule has 0 heterocycles. The van der Waals surface area contributed by atoms with Crippen LogP contribution in [0.5, 0.6) is 5.75 Å². The number of carbonyl (C=O) groups excluding carboxylic acids is 1. The number of nitrogens with one attached hydrogen (secondary N) is 1. The molecule has 0 aromatic heterocycles. The molecular formula is C16H21NO4. The fourth-order valence-corrected chi connectivity index (χ4v) is 2.77. The van der Waals surface area contributed by atoms with Crippen molar-refractivity contribution in [3.8, 4) is 5.75 Å². The van der Waals surface area contributed by atoms with Crippen molar-refractivity contribution in [3.63, 3.8) is 0 Å². The Morgan fingerprint density at radius 1 is 1.24 bits per heavy atom. The number of aliphatic carboxylic acids is 1. The van der Waals surface area contributed by atoms with Gasteiger partial charge < -0.3 is 15.2 Å². The molecule has 5 nitrogen and oxygen atoms in total. The Morgan fingerprint density at radius 3 is 2.48 bits per heavy atom. The van der Waals surface area contributed by atoms with E-state index in [2.05, 4.69) is 5.32 Å². The van der Waals surface area contributed by atoms with Gasteiger partial charge in [0.2, 0.25) is 0 Å². The highest BCUT2D eigenvalue weighted by atomic mass is 16.5. The normalized spacial score (nSPS) is 21.0. The van der Waals surface area contributed by atoms with Crippen molar-refractivity contribution in [2.24, 2.45) is 5.92 Å². The monoisotopic (exact) mass is 291 g/mol. The van der Waals surface area contributed by atoms with Crippen LogP contribution in [-0.2, 0) is 9.59 Å². The van der Waals surface area contributed by atoms with Crippen LogP contribution in [0.15, 0.2) is 18.2 Å². The van der Waals surface area contributed by atoms with Crippen LogP contribution < -0.4 is 10.1 Å². The standard InChI is InChI=1S/C16H21NO4/c1-10-5-11(2)7-14(6-10)21-9-15(18)17-13-4-3-12(8-13)16(19)20/h5-7,12-13H,3-4,8-9H2,1-2H3,(H,17,18)(H,19,20)/t12-,13+/m1/s1. The predicted octanol–water partition coefficient (Wildman–Crippen LogP) is 2.05. The quantitative estimate of drug-likeness (QED) is 0.870. The van der Waals surface area contributed by atoms with Gasteiger partial charge >= 0.3 is 5.97 Å². The van der Waals surface area contributed by atoms with Gasteiger partial charge in [-0.1, -0.05) is 6.07 Å². The first kappa shape index (κ1) is 15.4. The molecule has 2 atom stereocenters. The molecule has 2 N–H and O–H groups in total. The summed E-state index contributed by atoms with van der Waals surface area (Å²) in [6.07, 6.45) is 1.84. The molecule has 0 unspecified atom stereocenters. The number of carbonyl (C=O) groups is 2. The number of ether oxygens (including phenoxy) is 1. The summed E-state index contributed by atoms with van der Waals surface area (Å²) in [5, 5.41) is 11.8. The van der Waals surface area contributed by atoms with Crippen LogP contribution in [0.25, 0.3) is 0 Å². The molecule has 1 aromatic carbocycles. The summed E-state index contributed by atoms with van der Waals surface area (Å²) >= 11 is 0. The maximum atomic E-state index is 11.8. The first-order valence-electron chi connectivity index (χ1n) is 7.17. The number of aryl methyl sites for hydroxylation is 2. The van der Waals surface area contributed by atoms with Gasteiger partial charge in [-0.2, -0.15) is 0 Å². The van der Waals surface area contributed by atoms with Crippen LogP contribution in [0.2, 0.25) is 0 Å². The first-order chi connectivity index (χ1) is 9.94. The molecule has 5 heteroatoms. The highest BCUT2D eigenvalue weighted by molar-refractivity contribution is 5.78. The summed E-state index contributed by atoms with van der Waals surface area (Å²) in [6.45, 7) is 3.91. The van der Waals surface area contributed by atoms with Crippen LogP contribution in [-0.4, -0.2) is 29.6 Å². The van der Waals surface area contributed by atoms with E-state index in [-0.39, 0.29) is 24.5 Å². The summed E-state index contributed by atoms with van der Waals surface area (Å²) in [5.41, 5.74) is 2.18. The Bertz CT molecular complexity index is 521. The molecule has 2 rings (SSSR count). The van der Waals surface area contributed by atoms with Crippen molar-refractivity contribution >= 4 is 11.9 Å². The largest absolute Gasteiger partial charge is 0.484 e. The van der Waals surface area contributed by atoms with Gasteiger partial charge in [0.1, 0.15) is 5.75 Å². The summed E-state index contributed by atoms with van der Waals surface area (Å²) in [5.74, 6) is -0.642. The lowest BCUT2D eigenvalue weighted by atomic mass is 10.1. The van der Waals surface area contributed by atoms with E-state index in [9.17, 15) is 9.59 Å². The molecule has 0 bridgehead atoms. The Balaban J connectivity index is 1.79. The number of benzene rings is 1. The third kappa shape index (κ3) is 4.48. The van der Waals surface area contributed by atoms with E-state index in [1.165, 1.54) is 0 Å². The van der Waals surface area contributed by atoms with Gasteiger partial charge in [-0.15, -0.1) is 0 Å². The van der Waals surface area contributed by atoms with Crippen LogP contribution in [0.1, 0.15) is 30.4 Å². The van der Waals surface area contributed by atoms with Crippen LogP contribution in [0, 0.1) is 19.8 Å². The second-order valence-electron chi connectivity index (χ2n) is 5.72. The molecule has 1 amide bonds. The minimum atomic E-state index is -0.779. The zero-order valence-corrected chi connectivity index (χ0v) is 12.4. The van der Waals surface area contributed by atoms with E-state index < -0.39 is 5.97 Å². The number of hydrogen-bond donors (Lipinski definition) is 2. The highest BCUT2D eigenvalue weighted by Crippen LogP contribution is 2.25. The summed E-state index contributed by atoms with van der Waals surface area (Å²) < 4.78 is 5.49. The van der Waals surface area contributed by atoms with E-state index in [4.69, 9.17) is 9.84 Å². The van der Waals surface area contributed by atoms with Crippen LogP contribution in [0.4, 0.5) is 0 Å². The minimum absolute atomic E-state index is 0.0445. The van der Waals surface area contributed by atoms with Crippen LogP contribution >= 0.6 is 0 Å². The molecule has 114 valence electrons. The van der Waals surface area contributed by atoms with E-state index in [0.29, 0.717) is 25.0 Å². The van der Waals surface area contributed by atoms with Gasteiger partial charge in [-0.3, -0.25) is 9.59 Å². The Morgan fingerprint density at radius 2 is 1.90 bits per heavy atom. The van der Waals surface area contributed by atoms with E-state index in [1.807, 2.05) is 32.0 Å². The molecule has 1 aliphatic rings. The number of carboxylic acid groups (broad SMARTS) is 1. The highest BCUT2D eigenvalue weighted by Gasteiger charge is 2.30. The van der Waals surface area contributed by atoms with Crippen molar-refractivity contribution in [2.75, 3.05) is 6.61 Å². The maximum Gasteiger partial charge on any atom is 0.306 e. The van der Waals surface area contributed by atoms with E-state index in [0.717, 1.165) is 11.1 Å². The van der Waals surface area contributed by atoms with Crippen LogP contribution in [0.3, 0.4) is 0 Å². The average Bonchev–Trinajstić information content (AvgIpc) is 2.84. The molecule has 1 aromatic rings. The number of hydrogen-bond acceptors (Lipinski definition) is 3.